The summed E-state index contributed by atoms with van der Waals surface area (Å²) < 4.78 is 0. The zero-order valence-corrected chi connectivity index (χ0v) is 27.6. The average molecular weight is 627 g/mol. The summed E-state index contributed by atoms with van der Waals surface area (Å²) >= 11 is 0. The van der Waals surface area contributed by atoms with E-state index in [-0.39, 0.29) is 5.41 Å². The highest BCUT2D eigenvalue weighted by Crippen LogP contribution is 2.49. The van der Waals surface area contributed by atoms with E-state index in [0.717, 1.165) is 33.9 Å². The monoisotopic (exact) mass is 626 g/mol. The first-order valence-electron chi connectivity index (χ1n) is 16.9. The van der Waals surface area contributed by atoms with Gasteiger partial charge in [0.25, 0.3) is 0 Å². The Balaban J connectivity index is 1.16. The van der Waals surface area contributed by atoms with Crippen molar-refractivity contribution in [3.05, 3.63) is 181 Å². The van der Waals surface area contributed by atoms with E-state index in [2.05, 4.69) is 159 Å². The first-order valence-corrected chi connectivity index (χ1v) is 16.9. The van der Waals surface area contributed by atoms with Gasteiger partial charge < -0.3 is 0 Å². The molecule has 7 aromatic carbocycles. The standard InChI is InChI=1S/C47H34N2/c1-47(2)42-23-12-11-22-39(42)41-29-34(24-27-43(41)47)33-18-13-19-35(28-33)36-25-26-40(38-21-10-9-20-37(36)38)45-30-44(31-14-5-3-6-15-31)48-46(49-45)32-16-7-4-8-17-32/h3-30H,1-2H3. The second-order valence-corrected chi connectivity index (χ2v) is 13.4. The number of rotatable bonds is 5. The van der Waals surface area contributed by atoms with Crippen LogP contribution in [0, 0.1) is 0 Å². The van der Waals surface area contributed by atoms with Crippen LogP contribution in [-0.2, 0) is 5.41 Å². The van der Waals surface area contributed by atoms with E-state index in [4.69, 9.17) is 9.97 Å². The van der Waals surface area contributed by atoms with Gasteiger partial charge in [-0.3, -0.25) is 0 Å². The van der Waals surface area contributed by atoms with Crippen LogP contribution in [0.1, 0.15) is 25.0 Å². The molecule has 1 aromatic heterocycles. The summed E-state index contributed by atoms with van der Waals surface area (Å²) in [6.07, 6.45) is 0. The molecule has 1 heterocycles. The van der Waals surface area contributed by atoms with E-state index < -0.39 is 0 Å². The third-order valence-electron chi connectivity index (χ3n) is 10.1. The summed E-state index contributed by atoms with van der Waals surface area (Å²) in [4.78, 5) is 10.2. The minimum Gasteiger partial charge on any atom is -0.228 e. The Bertz CT molecular complexity index is 2450. The fraction of sp³-hybridized carbons (Fsp3) is 0.0638. The Morgan fingerprint density at radius 1 is 0.347 bits per heavy atom. The van der Waals surface area contributed by atoms with Crippen molar-refractivity contribution in [3.63, 3.8) is 0 Å². The zero-order valence-electron chi connectivity index (χ0n) is 27.6. The topological polar surface area (TPSA) is 25.8 Å². The van der Waals surface area contributed by atoms with Crippen molar-refractivity contribution in [2.45, 2.75) is 19.3 Å². The first kappa shape index (κ1) is 29.1. The van der Waals surface area contributed by atoms with Crippen molar-refractivity contribution in [2.75, 3.05) is 0 Å². The van der Waals surface area contributed by atoms with Crippen LogP contribution in [0.4, 0.5) is 0 Å². The maximum atomic E-state index is 5.15. The van der Waals surface area contributed by atoms with Gasteiger partial charge >= 0.3 is 0 Å². The van der Waals surface area contributed by atoms with Gasteiger partial charge in [0.15, 0.2) is 5.82 Å². The van der Waals surface area contributed by atoms with Crippen molar-refractivity contribution in [1.82, 2.24) is 9.97 Å². The van der Waals surface area contributed by atoms with Gasteiger partial charge in [0.05, 0.1) is 11.4 Å². The number of nitrogens with zero attached hydrogens (tertiary/aromatic N) is 2. The van der Waals surface area contributed by atoms with Gasteiger partial charge in [-0.2, -0.15) is 0 Å². The zero-order chi connectivity index (χ0) is 33.0. The Hall–Kier alpha value is -6.12. The lowest BCUT2D eigenvalue weighted by Crippen LogP contribution is -2.14. The summed E-state index contributed by atoms with van der Waals surface area (Å²) in [6, 6.07) is 60.7. The summed E-state index contributed by atoms with van der Waals surface area (Å²) in [6.45, 7) is 4.67. The SMILES string of the molecule is CC1(C)c2ccccc2-c2cc(-c3cccc(-c4ccc(-c5cc(-c6ccccc6)nc(-c6ccccc6)n5)c5ccccc45)c3)ccc21. The van der Waals surface area contributed by atoms with Gasteiger partial charge in [0.2, 0.25) is 0 Å². The fourth-order valence-corrected chi connectivity index (χ4v) is 7.60. The molecule has 1 aliphatic carbocycles. The molecule has 0 atom stereocenters. The summed E-state index contributed by atoms with van der Waals surface area (Å²) in [5.74, 6) is 0.721. The molecule has 0 bridgehead atoms. The van der Waals surface area contributed by atoms with Gasteiger partial charge in [-0.05, 0) is 73.5 Å². The third-order valence-corrected chi connectivity index (χ3v) is 10.1. The molecule has 2 nitrogen and oxygen atoms in total. The fourth-order valence-electron chi connectivity index (χ4n) is 7.60. The van der Waals surface area contributed by atoms with Crippen molar-refractivity contribution < 1.29 is 0 Å². The van der Waals surface area contributed by atoms with Crippen molar-refractivity contribution >= 4 is 10.8 Å². The lowest BCUT2D eigenvalue weighted by Gasteiger charge is -2.21. The molecule has 2 heteroatoms. The number of hydrogen-bond acceptors (Lipinski definition) is 2. The van der Waals surface area contributed by atoms with Crippen LogP contribution in [0.25, 0.3) is 78.1 Å². The minimum absolute atomic E-state index is 0.000357. The molecule has 0 aliphatic heterocycles. The quantitative estimate of drug-likeness (QED) is 0.190. The van der Waals surface area contributed by atoms with Gasteiger partial charge in [-0.1, -0.05) is 166 Å². The van der Waals surface area contributed by atoms with E-state index in [1.54, 1.807) is 0 Å². The molecule has 0 N–H and O–H groups in total. The molecule has 9 rings (SSSR count). The highest BCUT2D eigenvalue weighted by molar-refractivity contribution is 6.05. The van der Waals surface area contributed by atoms with E-state index in [1.165, 1.54) is 55.3 Å². The molecule has 0 saturated carbocycles. The van der Waals surface area contributed by atoms with Crippen LogP contribution in [0.3, 0.4) is 0 Å². The molecule has 0 radical (unpaired) electrons. The van der Waals surface area contributed by atoms with Crippen molar-refractivity contribution in [3.8, 4) is 67.3 Å². The van der Waals surface area contributed by atoms with Crippen molar-refractivity contribution in [1.29, 1.82) is 0 Å². The molecular formula is C47H34N2. The Morgan fingerprint density at radius 2 is 0.918 bits per heavy atom. The third kappa shape index (κ3) is 4.96. The maximum absolute atomic E-state index is 5.15. The van der Waals surface area contributed by atoms with Crippen LogP contribution < -0.4 is 0 Å². The van der Waals surface area contributed by atoms with Crippen molar-refractivity contribution in [2.24, 2.45) is 0 Å². The van der Waals surface area contributed by atoms with Crippen LogP contribution in [0.15, 0.2) is 170 Å². The summed E-state index contributed by atoms with van der Waals surface area (Å²) in [5.41, 5.74) is 15.3. The van der Waals surface area contributed by atoms with E-state index in [9.17, 15) is 0 Å². The number of fused-ring (bicyclic) bond motifs is 4. The molecule has 0 unspecified atom stereocenters. The van der Waals surface area contributed by atoms with Gasteiger partial charge in [0.1, 0.15) is 0 Å². The van der Waals surface area contributed by atoms with Gasteiger partial charge in [-0.25, -0.2) is 9.97 Å². The van der Waals surface area contributed by atoms with Crippen LogP contribution in [-0.4, -0.2) is 9.97 Å². The second-order valence-electron chi connectivity index (χ2n) is 13.4. The lowest BCUT2D eigenvalue weighted by molar-refractivity contribution is 0.660. The molecular weight excluding hydrogens is 593 g/mol. The lowest BCUT2D eigenvalue weighted by atomic mass is 9.82. The molecule has 0 saturated heterocycles. The smallest absolute Gasteiger partial charge is 0.160 e. The Kier molecular flexibility index (Phi) is 6.84. The Labute approximate surface area is 287 Å². The number of aromatic nitrogens is 2. The van der Waals surface area contributed by atoms with Crippen LogP contribution in [0.5, 0.6) is 0 Å². The van der Waals surface area contributed by atoms with E-state index >= 15 is 0 Å². The minimum atomic E-state index is 0.000357. The van der Waals surface area contributed by atoms with E-state index in [0.29, 0.717) is 0 Å². The molecule has 232 valence electrons. The molecule has 0 amide bonds. The Morgan fingerprint density at radius 3 is 1.71 bits per heavy atom. The highest BCUT2D eigenvalue weighted by Gasteiger charge is 2.35. The second kappa shape index (κ2) is 11.5. The van der Waals surface area contributed by atoms with Crippen LogP contribution in [0.2, 0.25) is 0 Å². The summed E-state index contributed by atoms with van der Waals surface area (Å²) in [5, 5.41) is 2.36. The normalized spacial score (nSPS) is 12.9. The number of hydrogen-bond donors (Lipinski definition) is 0. The maximum Gasteiger partial charge on any atom is 0.160 e. The molecule has 49 heavy (non-hydrogen) atoms. The molecule has 0 spiro atoms. The molecule has 0 fully saturated rings. The average Bonchev–Trinajstić information content (AvgIpc) is 3.40. The van der Waals surface area contributed by atoms with E-state index in [1.807, 2.05) is 24.3 Å². The van der Waals surface area contributed by atoms with Gasteiger partial charge in [-0.15, -0.1) is 0 Å². The largest absolute Gasteiger partial charge is 0.228 e. The predicted molar refractivity (Wildman–Crippen MR) is 204 cm³/mol. The summed E-state index contributed by atoms with van der Waals surface area (Å²) in [7, 11) is 0. The highest BCUT2D eigenvalue weighted by atomic mass is 14.9. The predicted octanol–water partition coefficient (Wildman–Crippen LogP) is 12.3. The number of benzene rings is 7. The molecule has 1 aliphatic rings. The molecule has 8 aromatic rings. The first-order chi connectivity index (χ1) is 24.0. The van der Waals surface area contributed by atoms with Gasteiger partial charge in [0, 0.05) is 22.1 Å². The van der Waals surface area contributed by atoms with Crippen LogP contribution >= 0.6 is 0 Å².